The Labute approximate surface area is 128 Å². The third-order valence-electron chi connectivity index (χ3n) is 3.41. The Hall–Kier alpha value is -2.03. The highest BCUT2D eigenvalue weighted by Crippen LogP contribution is 2.21. The SMILES string of the molecule is COc1cccc(S(=O)(=O)Nc2ccc3c(c2)B(O)OC3)c1. The standard InChI is InChI=1S/C14H14BNO5S/c1-20-12-3-2-4-13(8-12)22(18,19)16-11-6-5-10-9-21-15(17)14(10)7-11/h2-8,16-17H,9H2,1H3. The van der Waals surface area contributed by atoms with Crippen molar-refractivity contribution in [2.45, 2.75) is 11.5 Å². The quantitative estimate of drug-likeness (QED) is 0.811. The van der Waals surface area contributed by atoms with Gasteiger partial charge in [-0.05, 0) is 35.3 Å². The summed E-state index contributed by atoms with van der Waals surface area (Å²) in [5.74, 6) is 0.459. The van der Waals surface area contributed by atoms with E-state index in [1.54, 1.807) is 30.3 Å². The fourth-order valence-corrected chi connectivity index (χ4v) is 3.34. The van der Waals surface area contributed by atoms with E-state index in [0.717, 1.165) is 5.56 Å². The smallest absolute Gasteiger partial charge is 0.491 e. The molecule has 8 heteroatoms. The summed E-state index contributed by atoms with van der Waals surface area (Å²) in [6.45, 7) is 0.319. The number of ether oxygens (including phenoxy) is 1. The summed E-state index contributed by atoms with van der Waals surface area (Å²) in [7, 11) is -3.28. The first kappa shape index (κ1) is 14.9. The van der Waals surface area contributed by atoms with Crippen molar-refractivity contribution >= 4 is 28.3 Å². The molecular weight excluding hydrogens is 305 g/mol. The van der Waals surface area contributed by atoms with Gasteiger partial charge in [-0.3, -0.25) is 4.72 Å². The van der Waals surface area contributed by atoms with Gasteiger partial charge in [0.15, 0.2) is 0 Å². The third kappa shape index (κ3) is 2.80. The first-order valence-corrected chi connectivity index (χ1v) is 8.07. The Morgan fingerprint density at radius 1 is 1.27 bits per heavy atom. The van der Waals surface area contributed by atoms with Gasteiger partial charge in [0, 0.05) is 11.8 Å². The minimum atomic E-state index is -3.73. The monoisotopic (exact) mass is 319 g/mol. The Morgan fingerprint density at radius 2 is 2.09 bits per heavy atom. The van der Waals surface area contributed by atoms with Crippen LogP contribution in [-0.4, -0.2) is 27.7 Å². The maximum Gasteiger partial charge on any atom is 0.491 e. The molecular formula is C14H14BNO5S. The molecule has 3 rings (SSSR count). The molecule has 2 N–H and O–H groups in total. The van der Waals surface area contributed by atoms with Crippen LogP contribution in [0, 0.1) is 0 Å². The van der Waals surface area contributed by atoms with Crippen LogP contribution in [0.4, 0.5) is 5.69 Å². The normalized spacial score (nSPS) is 13.8. The van der Waals surface area contributed by atoms with Crippen molar-refractivity contribution in [2.24, 2.45) is 0 Å². The van der Waals surface area contributed by atoms with Crippen LogP contribution in [0.25, 0.3) is 0 Å². The van der Waals surface area contributed by atoms with Crippen LogP contribution in [-0.2, 0) is 21.3 Å². The molecule has 1 aliphatic rings. The van der Waals surface area contributed by atoms with E-state index in [4.69, 9.17) is 9.39 Å². The number of benzene rings is 2. The van der Waals surface area contributed by atoms with Crippen LogP contribution < -0.4 is 14.9 Å². The van der Waals surface area contributed by atoms with E-state index in [1.807, 2.05) is 0 Å². The maximum atomic E-state index is 12.4. The zero-order valence-corrected chi connectivity index (χ0v) is 12.6. The summed E-state index contributed by atoms with van der Waals surface area (Å²) in [5.41, 5.74) is 1.79. The largest absolute Gasteiger partial charge is 0.497 e. The molecule has 0 saturated carbocycles. The Kier molecular flexibility index (Phi) is 3.82. The molecule has 0 fully saturated rings. The number of anilines is 1. The van der Waals surface area contributed by atoms with Gasteiger partial charge in [-0.25, -0.2) is 8.42 Å². The first-order valence-electron chi connectivity index (χ1n) is 6.59. The molecule has 0 unspecified atom stereocenters. The summed E-state index contributed by atoms with van der Waals surface area (Å²) in [6.07, 6.45) is 0. The molecule has 2 aromatic carbocycles. The van der Waals surface area contributed by atoms with Crippen molar-refractivity contribution in [2.75, 3.05) is 11.8 Å². The van der Waals surface area contributed by atoms with Gasteiger partial charge in [0.25, 0.3) is 10.0 Å². The number of sulfonamides is 1. The van der Waals surface area contributed by atoms with E-state index in [1.165, 1.54) is 19.2 Å². The molecule has 0 saturated heterocycles. The first-order chi connectivity index (χ1) is 10.5. The van der Waals surface area contributed by atoms with Crippen LogP contribution in [0.5, 0.6) is 5.75 Å². The number of methoxy groups -OCH3 is 1. The van der Waals surface area contributed by atoms with Crippen molar-refractivity contribution in [3.63, 3.8) is 0 Å². The lowest BCUT2D eigenvalue weighted by Gasteiger charge is -2.10. The molecule has 6 nitrogen and oxygen atoms in total. The van der Waals surface area contributed by atoms with Gasteiger partial charge in [0.2, 0.25) is 0 Å². The summed E-state index contributed by atoms with van der Waals surface area (Å²) >= 11 is 0. The van der Waals surface area contributed by atoms with Crippen molar-refractivity contribution in [3.8, 4) is 5.75 Å². The molecule has 0 spiro atoms. The van der Waals surface area contributed by atoms with E-state index in [2.05, 4.69) is 4.72 Å². The number of rotatable bonds is 4. The number of hydrogen-bond donors (Lipinski definition) is 2. The van der Waals surface area contributed by atoms with E-state index < -0.39 is 17.1 Å². The van der Waals surface area contributed by atoms with E-state index in [-0.39, 0.29) is 4.90 Å². The van der Waals surface area contributed by atoms with Gasteiger partial charge in [0.1, 0.15) is 5.75 Å². The van der Waals surface area contributed by atoms with Crippen molar-refractivity contribution in [1.82, 2.24) is 0 Å². The molecule has 0 amide bonds. The summed E-state index contributed by atoms with van der Waals surface area (Å²) in [6, 6.07) is 11.1. The highest BCUT2D eigenvalue weighted by Gasteiger charge is 2.27. The van der Waals surface area contributed by atoms with Gasteiger partial charge in [0.05, 0.1) is 18.6 Å². The predicted octanol–water partition coefficient (Wildman–Crippen LogP) is 0.714. The Morgan fingerprint density at radius 3 is 2.86 bits per heavy atom. The van der Waals surface area contributed by atoms with Crippen LogP contribution in [0.1, 0.15) is 5.56 Å². The Bertz CT molecular complexity index is 809. The predicted molar refractivity (Wildman–Crippen MR) is 82.6 cm³/mol. The van der Waals surface area contributed by atoms with Gasteiger partial charge < -0.3 is 14.4 Å². The summed E-state index contributed by atoms with van der Waals surface area (Å²) < 4.78 is 37.4. The second kappa shape index (κ2) is 5.64. The molecule has 114 valence electrons. The van der Waals surface area contributed by atoms with Crippen molar-refractivity contribution < 1.29 is 22.8 Å². The molecule has 1 aliphatic heterocycles. The number of hydrogen-bond acceptors (Lipinski definition) is 5. The fraction of sp³-hybridized carbons (Fsp3) is 0.143. The molecule has 0 aromatic heterocycles. The van der Waals surface area contributed by atoms with Crippen LogP contribution in [0.2, 0.25) is 0 Å². The fourth-order valence-electron chi connectivity index (χ4n) is 2.26. The average molecular weight is 319 g/mol. The van der Waals surface area contributed by atoms with Crippen molar-refractivity contribution in [3.05, 3.63) is 48.0 Å². The number of nitrogens with one attached hydrogen (secondary N) is 1. The summed E-state index contributed by atoms with van der Waals surface area (Å²) in [5, 5.41) is 9.67. The number of fused-ring (bicyclic) bond motifs is 1. The Balaban J connectivity index is 1.90. The van der Waals surface area contributed by atoms with Crippen molar-refractivity contribution in [1.29, 1.82) is 0 Å². The minimum Gasteiger partial charge on any atom is -0.497 e. The molecule has 1 heterocycles. The molecule has 22 heavy (non-hydrogen) atoms. The zero-order valence-electron chi connectivity index (χ0n) is 11.8. The molecule has 2 aromatic rings. The van der Waals surface area contributed by atoms with Gasteiger partial charge in [-0.1, -0.05) is 12.1 Å². The molecule has 0 radical (unpaired) electrons. The maximum absolute atomic E-state index is 12.4. The van der Waals surface area contributed by atoms with E-state index >= 15 is 0 Å². The lowest BCUT2D eigenvalue weighted by molar-refractivity contribution is 0.275. The third-order valence-corrected chi connectivity index (χ3v) is 4.79. The van der Waals surface area contributed by atoms with Gasteiger partial charge in [-0.2, -0.15) is 0 Å². The average Bonchev–Trinajstić information content (AvgIpc) is 2.88. The zero-order chi connectivity index (χ0) is 15.7. The van der Waals surface area contributed by atoms with E-state index in [0.29, 0.717) is 23.5 Å². The van der Waals surface area contributed by atoms with Crippen LogP contribution in [0.3, 0.4) is 0 Å². The lowest BCUT2D eigenvalue weighted by atomic mass is 9.79. The lowest BCUT2D eigenvalue weighted by Crippen LogP contribution is -2.28. The second-order valence-corrected chi connectivity index (χ2v) is 6.54. The molecule has 0 bridgehead atoms. The highest BCUT2D eigenvalue weighted by atomic mass is 32.2. The molecule has 0 atom stereocenters. The second-order valence-electron chi connectivity index (χ2n) is 4.86. The van der Waals surface area contributed by atoms with Crippen LogP contribution >= 0.6 is 0 Å². The van der Waals surface area contributed by atoms with Gasteiger partial charge >= 0.3 is 7.12 Å². The highest BCUT2D eigenvalue weighted by molar-refractivity contribution is 7.92. The van der Waals surface area contributed by atoms with Gasteiger partial charge in [-0.15, -0.1) is 0 Å². The minimum absolute atomic E-state index is 0.101. The van der Waals surface area contributed by atoms with Crippen LogP contribution in [0.15, 0.2) is 47.4 Å². The van der Waals surface area contributed by atoms with E-state index in [9.17, 15) is 13.4 Å². The summed E-state index contributed by atoms with van der Waals surface area (Å²) in [4.78, 5) is 0.101. The topological polar surface area (TPSA) is 84.9 Å². The molecule has 0 aliphatic carbocycles.